The van der Waals surface area contributed by atoms with Gasteiger partial charge in [-0.15, -0.1) is 0 Å². The summed E-state index contributed by atoms with van der Waals surface area (Å²) in [5, 5.41) is 13.7. The van der Waals surface area contributed by atoms with Crippen LogP contribution >= 0.6 is 35.6 Å². The number of rotatable bonds is 3. The number of hydrogen-bond donors (Lipinski definition) is 1. The lowest BCUT2D eigenvalue weighted by molar-refractivity contribution is -0.384. The number of hydrogen-bond acceptors (Lipinski definition) is 6. The van der Waals surface area contributed by atoms with E-state index in [1.807, 2.05) is 0 Å². The molecule has 1 aromatic carbocycles. The lowest BCUT2D eigenvalue weighted by Crippen LogP contribution is -2.17. The molecule has 23 heavy (non-hydrogen) atoms. The zero-order valence-electron chi connectivity index (χ0n) is 11.2. The molecular formula is C14H7ClN2O4S2. The minimum atomic E-state index is -0.508. The molecule has 1 N–H and O–H groups in total. The first-order valence-electron chi connectivity index (χ1n) is 6.23. The molecule has 0 bridgehead atoms. The maximum Gasteiger partial charge on any atom is 0.270 e. The van der Waals surface area contributed by atoms with Crippen LogP contribution in [0.2, 0.25) is 5.02 Å². The highest BCUT2D eigenvalue weighted by Crippen LogP contribution is 2.34. The van der Waals surface area contributed by atoms with Crippen molar-refractivity contribution in [1.82, 2.24) is 5.32 Å². The van der Waals surface area contributed by atoms with Gasteiger partial charge in [-0.2, -0.15) is 0 Å². The highest BCUT2D eigenvalue weighted by molar-refractivity contribution is 8.26. The minimum Gasteiger partial charge on any atom is -0.457 e. The maximum atomic E-state index is 11.6. The Kier molecular flexibility index (Phi) is 4.20. The molecule has 0 aliphatic carbocycles. The number of nitrogens with zero attached hydrogens (tertiary/aromatic N) is 1. The molecule has 1 aromatic heterocycles. The molecule has 0 atom stereocenters. The van der Waals surface area contributed by atoms with Gasteiger partial charge >= 0.3 is 0 Å². The molecule has 0 unspecified atom stereocenters. The number of non-ortho nitro benzene ring substituents is 1. The number of nitro groups is 1. The monoisotopic (exact) mass is 366 g/mol. The number of furan rings is 1. The normalized spacial score (nSPS) is 16.0. The van der Waals surface area contributed by atoms with Crippen molar-refractivity contribution < 1.29 is 14.1 Å². The van der Waals surface area contributed by atoms with Crippen molar-refractivity contribution in [2.75, 3.05) is 0 Å². The Hall–Kier alpha value is -2.16. The third kappa shape index (κ3) is 3.29. The van der Waals surface area contributed by atoms with Crippen molar-refractivity contribution in [1.29, 1.82) is 0 Å². The van der Waals surface area contributed by atoms with Crippen LogP contribution < -0.4 is 5.32 Å². The van der Waals surface area contributed by atoms with Gasteiger partial charge in [0.05, 0.1) is 14.9 Å². The second-order valence-electron chi connectivity index (χ2n) is 4.48. The summed E-state index contributed by atoms with van der Waals surface area (Å²) < 4.78 is 5.99. The summed E-state index contributed by atoms with van der Waals surface area (Å²) in [6, 6.07) is 7.37. The number of nitrogens with one attached hydrogen (secondary N) is 1. The molecule has 6 nitrogen and oxygen atoms in total. The summed E-state index contributed by atoms with van der Waals surface area (Å²) in [4.78, 5) is 22.4. The van der Waals surface area contributed by atoms with Gasteiger partial charge in [0, 0.05) is 23.8 Å². The predicted octanol–water partition coefficient (Wildman–Crippen LogP) is 4.00. The van der Waals surface area contributed by atoms with E-state index in [4.69, 9.17) is 28.2 Å². The zero-order valence-corrected chi connectivity index (χ0v) is 13.6. The van der Waals surface area contributed by atoms with E-state index in [-0.39, 0.29) is 11.6 Å². The number of thiocarbonyl (C=S) groups is 1. The predicted molar refractivity (Wildman–Crippen MR) is 92.1 cm³/mol. The molecule has 1 saturated heterocycles. The SMILES string of the molecule is O=C1NC(=S)S/C1=C\c1ccc(-c2cc([N+](=O)[O-])ccc2Cl)o1. The van der Waals surface area contributed by atoms with E-state index in [9.17, 15) is 14.9 Å². The molecule has 1 aliphatic heterocycles. The first-order valence-corrected chi connectivity index (χ1v) is 7.83. The molecular weight excluding hydrogens is 360 g/mol. The van der Waals surface area contributed by atoms with Gasteiger partial charge in [-0.3, -0.25) is 14.9 Å². The topological polar surface area (TPSA) is 85.4 Å². The highest BCUT2D eigenvalue weighted by Gasteiger charge is 2.22. The Labute approximate surface area is 144 Å². The summed E-state index contributed by atoms with van der Waals surface area (Å²) in [7, 11) is 0. The molecule has 1 aliphatic rings. The van der Waals surface area contributed by atoms with Crippen LogP contribution in [0, 0.1) is 10.1 Å². The summed E-state index contributed by atoms with van der Waals surface area (Å²) in [6.45, 7) is 0. The van der Waals surface area contributed by atoms with Crippen LogP contribution in [0.25, 0.3) is 17.4 Å². The van der Waals surface area contributed by atoms with Crippen molar-refractivity contribution in [3.8, 4) is 11.3 Å². The molecule has 0 spiro atoms. The summed E-state index contributed by atoms with van der Waals surface area (Å²) in [5.41, 5.74) is 0.321. The third-order valence-electron chi connectivity index (χ3n) is 2.97. The van der Waals surface area contributed by atoms with Crippen LogP contribution in [-0.4, -0.2) is 15.2 Å². The van der Waals surface area contributed by atoms with Crippen LogP contribution in [0.15, 0.2) is 39.7 Å². The van der Waals surface area contributed by atoms with Crippen LogP contribution in [0.1, 0.15) is 5.76 Å². The quantitative estimate of drug-likeness (QED) is 0.382. The summed E-state index contributed by atoms with van der Waals surface area (Å²) in [6.07, 6.45) is 1.55. The fourth-order valence-electron chi connectivity index (χ4n) is 1.94. The van der Waals surface area contributed by atoms with Crippen LogP contribution in [-0.2, 0) is 4.79 Å². The van der Waals surface area contributed by atoms with Gasteiger partial charge in [-0.05, 0) is 18.2 Å². The smallest absolute Gasteiger partial charge is 0.270 e. The van der Waals surface area contributed by atoms with Crippen molar-refractivity contribution in [3.63, 3.8) is 0 Å². The Balaban J connectivity index is 1.95. The van der Waals surface area contributed by atoms with Gasteiger partial charge in [-0.1, -0.05) is 35.6 Å². The molecule has 116 valence electrons. The summed E-state index contributed by atoms with van der Waals surface area (Å²) in [5.74, 6) is 0.507. The molecule has 2 heterocycles. The zero-order chi connectivity index (χ0) is 16.6. The van der Waals surface area contributed by atoms with E-state index in [2.05, 4.69) is 5.32 Å². The van der Waals surface area contributed by atoms with E-state index in [1.165, 1.54) is 18.2 Å². The number of amides is 1. The standard InChI is InChI=1S/C14H7ClN2O4S2/c15-10-3-1-7(17(19)20)5-9(10)11-4-2-8(21-11)6-12-13(18)16-14(22)23-12/h1-6H,(H,16,18,22)/b12-6-. The molecule has 0 radical (unpaired) electrons. The minimum absolute atomic E-state index is 0.0863. The van der Waals surface area contributed by atoms with Crippen LogP contribution in [0.5, 0.6) is 0 Å². The molecule has 9 heteroatoms. The van der Waals surface area contributed by atoms with Crippen molar-refractivity contribution in [3.05, 3.63) is 56.1 Å². The van der Waals surface area contributed by atoms with E-state index in [0.717, 1.165) is 11.8 Å². The lowest BCUT2D eigenvalue weighted by atomic mass is 10.1. The Morgan fingerprint density at radius 3 is 2.78 bits per heavy atom. The number of halogens is 1. The molecule has 1 fully saturated rings. The third-order valence-corrected chi connectivity index (χ3v) is 4.46. The first kappa shape index (κ1) is 15.7. The van der Waals surface area contributed by atoms with Crippen molar-refractivity contribution in [2.24, 2.45) is 0 Å². The summed E-state index contributed by atoms with van der Waals surface area (Å²) >= 11 is 12.1. The van der Waals surface area contributed by atoms with E-state index in [0.29, 0.717) is 31.3 Å². The van der Waals surface area contributed by atoms with E-state index in [1.54, 1.807) is 18.2 Å². The number of thioether (sulfide) groups is 1. The number of carbonyl (C=O) groups excluding carboxylic acids is 1. The number of carbonyl (C=O) groups is 1. The first-order chi connectivity index (χ1) is 10.9. The second-order valence-corrected chi connectivity index (χ2v) is 6.60. The van der Waals surface area contributed by atoms with Gasteiger partial charge in [0.15, 0.2) is 0 Å². The number of benzene rings is 1. The lowest BCUT2D eigenvalue weighted by Gasteiger charge is -2.00. The maximum absolute atomic E-state index is 11.6. The van der Waals surface area contributed by atoms with Gasteiger partial charge < -0.3 is 9.73 Å². The Morgan fingerprint density at radius 2 is 2.13 bits per heavy atom. The Bertz CT molecular complexity index is 875. The average molecular weight is 367 g/mol. The molecule has 1 amide bonds. The van der Waals surface area contributed by atoms with E-state index >= 15 is 0 Å². The van der Waals surface area contributed by atoms with Crippen molar-refractivity contribution >= 4 is 57.6 Å². The van der Waals surface area contributed by atoms with Gasteiger partial charge in [0.1, 0.15) is 15.8 Å². The Morgan fingerprint density at radius 1 is 1.35 bits per heavy atom. The average Bonchev–Trinajstić information content (AvgIpc) is 3.06. The second kappa shape index (κ2) is 6.15. The fourth-order valence-corrected chi connectivity index (χ4v) is 3.18. The van der Waals surface area contributed by atoms with Gasteiger partial charge in [-0.25, -0.2) is 0 Å². The number of nitro benzene ring substituents is 1. The van der Waals surface area contributed by atoms with Crippen molar-refractivity contribution in [2.45, 2.75) is 0 Å². The molecule has 3 rings (SSSR count). The van der Waals surface area contributed by atoms with Crippen LogP contribution in [0.4, 0.5) is 5.69 Å². The fraction of sp³-hybridized carbons (Fsp3) is 0. The van der Waals surface area contributed by atoms with Gasteiger partial charge in [0.25, 0.3) is 11.6 Å². The molecule has 0 saturated carbocycles. The molecule has 2 aromatic rings. The highest BCUT2D eigenvalue weighted by atomic mass is 35.5. The largest absolute Gasteiger partial charge is 0.457 e. The van der Waals surface area contributed by atoms with E-state index < -0.39 is 4.92 Å². The van der Waals surface area contributed by atoms with Gasteiger partial charge in [0.2, 0.25) is 0 Å². The van der Waals surface area contributed by atoms with Crippen LogP contribution in [0.3, 0.4) is 0 Å².